The molecule has 19 heavy (non-hydrogen) atoms. The second-order valence-corrected chi connectivity index (χ2v) is 4.80. The van der Waals surface area contributed by atoms with Gasteiger partial charge in [0.25, 0.3) is 0 Å². The van der Waals surface area contributed by atoms with Crippen molar-refractivity contribution in [2.75, 3.05) is 0 Å². The second kappa shape index (κ2) is 5.67. The molecule has 2 rings (SSSR count). The first-order chi connectivity index (χ1) is 9.06. The summed E-state index contributed by atoms with van der Waals surface area (Å²) in [6.07, 6.45) is 1.56. The summed E-state index contributed by atoms with van der Waals surface area (Å²) >= 11 is 3.25. The minimum absolute atomic E-state index is 0.0803. The highest BCUT2D eigenvalue weighted by Crippen LogP contribution is 2.29. The third-order valence-corrected chi connectivity index (χ3v) is 2.95. The first-order valence-electron chi connectivity index (χ1n) is 5.49. The predicted molar refractivity (Wildman–Crippen MR) is 78.0 cm³/mol. The number of nitrogens with two attached hydrogens (primary N) is 1. The maximum absolute atomic E-state index is 11.1. The highest BCUT2D eigenvalue weighted by molar-refractivity contribution is 9.10. The van der Waals surface area contributed by atoms with Crippen LogP contribution in [0.5, 0.6) is 5.75 Å². The Morgan fingerprint density at radius 1 is 1.26 bits per heavy atom. The van der Waals surface area contributed by atoms with Crippen LogP contribution < -0.4 is 5.73 Å². The molecular weight excluding hydrogens is 308 g/mol. The monoisotopic (exact) mass is 318 g/mol. The molecule has 0 aromatic heterocycles. The van der Waals surface area contributed by atoms with Crippen LogP contribution in [0.3, 0.4) is 0 Å². The van der Waals surface area contributed by atoms with E-state index in [9.17, 15) is 9.90 Å². The number of halogens is 1. The molecule has 2 aromatic carbocycles. The molecule has 3 N–H and O–H groups in total. The van der Waals surface area contributed by atoms with E-state index in [1.165, 1.54) is 0 Å². The highest BCUT2D eigenvalue weighted by Gasteiger charge is 2.01. The molecule has 1 amide bonds. The van der Waals surface area contributed by atoms with Crippen LogP contribution in [0, 0.1) is 0 Å². The van der Waals surface area contributed by atoms with Gasteiger partial charge in [-0.2, -0.15) is 0 Å². The van der Waals surface area contributed by atoms with Crippen LogP contribution >= 0.6 is 15.9 Å². The van der Waals surface area contributed by atoms with E-state index in [2.05, 4.69) is 20.9 Å². The lowest BCUT2D eigenvalue weighted by Crippen LogP contribution is -2.10. The fourth-order valence-electron chi connectivity index (χ4n) is 1.52. The number of benzene rings is 2. The summed E-state index contributed by atoms with van der Waals surface area (Å²) in [5.74, 6) is -0.404. The number of primary amides is 1. The normalized spacial score (nSPS) is 10.8. The van der Waals surface area contributed by atoms with Gasteiger partial charge in [0, 0.05) is 16.3 Å². The third kappa shape index (κ3) is 3.42. The highest BCUT2D eigenvalue weighted by atomic mass is 79.9. The Morgan fingerprint density at radius 2 is 2.05 bits per heavy atom. The standard InChI is InChI=1S/C14H11BrN2O2/c15-11-4-5-12(13(18)7-11)17-8-9-2-1-3-10(6-9)14(16)19/h1-8,18H,(H2,16,19). The summed E-state index contributed by atoms with van der Waals surface area (Å²) < 4.78 is 0.777. The molecule has 0 aliphatic carbocycles. The van der Waals surface area contributed by atoms with Gasteiger partial charge in [-0.1, -0.05) is 28.1 Å². The van der Waals surface area contributed by atoms with Gasteiger partial charge in [-0.05, 0) is 35.9 Å². The molecule has 0 spiro atoms. The smallest absolute Gasteiger partial charge is 0.248 e. The van der Waals surface area contributed by atoms with Crippen LogP contribution in [0.25, 0.3) is 0 Å². The number of aliphatic imine (C=N–C) groups is 1. The fraction of sp³-hybridized carbons (Fsp3) is 0. The summed E-state index contributed by atoms with van der Waals surface area (Å²) in [5, 5.41) is 9.69. The number of phenols is 1. The number of carbonyl (C=O) groups is 1. The van der Waals surface area contributed by atoms with Gasteiger partial charge in [0.1, 0.15) is 11.4 Å². The molecular formula is C14H11BrN2O2. The Kier molecular flexibility index (Phi) is 3.97. The summed E-state index contributed by atoms with van der Waals surface area (Å²) in [4.78, 5) is 15.2. The van der Waals surface area contributed by atoms with Gasteiger partial charge in [-0.15, -0.1) is 0 Å². The Balaban J connectivity index is 2.27. The van der Waals surface area contributed by atoms with Gasteiger partial charge in [-0.25, -0.2) is 0 Å². The van der Waals surface area contributed by atoms with Crippen molar-refractivity contribution in [1.82, 2.24) is 0 Å². The zero-order chi connectivity index (χ0) is 13.8. The van der Waals surface area contributed by atoms with Crippen LogP contribution in [0.1, 0.15) is 15.9 Å². The summed E-state index contributed by atoms with van der Waals surface area (Å²) in [6, 6.07) is 11.8. The summed E-state index contributed by atoms with van der Waals surface area (Å²) in [6.45, 7) is 0. The molecule has 5 heteroatoms. The first-order valence-corrected chi connectivity index (χ1v) is 6.28. The van der Waals surface area contributed by atoms with Gasteiger partial charge in [0.15, 0.2) is 0 Å². The summed E-state index contributed by atoms with van der Waals surface area (Å²) in [7, 11) is 0. The molecule has 0 atom stereocenters. The quantitative estimate of drug-likeness (QED) is 0.853. The van der Waals surface area contributed by atoms with Crippen molar-refractivity contribution in [2.24, 2.45) is 10.7 Å². The number of amides is 1. The van der Waals surface area contributed by atoms with Crippen molar-refractivity contribution < 1.29 is 9.90 Å². The zero-order valence-corrected chi connectivity index (χ0v) is 11.5. The number of hydrogen-bond acceptors (Lipinski definition) is 3. The topological polar surface area (TPSA) is 75.7 Å². The van der Waals surface area contributed by atoms with Crippen molar-refractivity contribution in [3.8, 4) is 5.75 Å². The van der Waals surface area contributed by atoms with Crippen molar-refractivity contribution in [3.05, 3.63) is 58.1 Å². The Bertz CT molecular complexity index is 654. The molecule has 96 valence electrons. The van der Waals surface area contributed by atoms with Crippen molar-refractivity contribution in [1.29, 1.82) is 0 Å². The average molecular weight is 319 g/mol. The second-order valence-electron chi connectivity index (χ2n) is 3.88. The van der Waals surface area contributed by atoms with Gasteiger partial charge in [0.05, 0.1) is 0 Å². The zero-order valence-electron chi connectivity index (χ0n) is 9.88. The maximum atomic E-state index is 11.1. The third-order valence-electron chi connectivity index (χ3n) is 2.46. The molecule has 0 saturated heterocycles. The number of phenolic OH excluding ortho intramolecular Hbond substituents is 1. The number of aromatic hydroxyl groups is 1. The van der Waals surface area contributed by atoms with Crippen LogP contribution in [-0.4, -0.2) is 17.2 Å². The molecule has 0 aliphatic rings. The molecule has 0 radical (unpaired) electrons. The molecule has 2 aromatic rings. The Hall–Kier alpha value is -2.14. The van der Waals surface area contributed by atoms with Crippen molar-refractivity contribution in [3.63, 3.8) is 0 Å². The van der Waals surface area contributed by atoms with Crippen molar-refractivity contribution >= 4 is 33.7 Å². The molecule has 0 fully saturated rings. The van der Waals surface area contributed by atoms with E-state index in [4.69, 9.17) is 5.73 Å². The number of hydrogen-bond donors (Lipinski definition) is 2. The SMILES string of the molecule is NC(=O)c1cccc(C=Nc2ccc(Br)cc2O)c1. The summed E-state index contributed by atoms with van der Waals surface area (Å²) in [5.41, 5.74) is 6.81. The number of carbonyl (C=O) groups excluding carboxylic acids is 1. The van der Waals surface area contributed by atoms with Crippen LogP contribution in [0.2, 0.25) is 0 Å². The Labute approximate surface area is 118 Å². The van der Waals surface area contributed by atoms with E-state index < -0.39 is 5.91 Å². The molecule has 4 nitrogen and oxygen atoms in total. The van der Waals surface area contributed by atoms with Gasteiger partial charge in [-0.3, -0.25) is 9.79 Å². The maximum Gasteiger partial charge on any atom is 0.248 e. The van der Waals surface area contributed by atoms with E-state index in [1.807, 2.05) is 0 Å². The van der Waals surface area contributed by atoms with Gasteiger partial charge >= 0.3 is 0 Å². The van der Waals surface area contributed by atoms with Crippen LogP contribution in [0.4, 0.5) is 5.69 Å². The largest absolute Gasteiger partial charge is 0.506 e. The average Bonchev–Trinajstić information content (AvgIpc) is 2.38. The molecule has 0 aliphatic heterocycles. The number of nitrogens with zero attached hydrogens (tertiary/aromatic N) is 1. The lowest BCUT2D eigenvalue weighted by molar-refractivity contribution is 0.100. The van der Waals surface area contributed by atoms with E-state index in [-0.39, 0.29) is 5.75 Å². The van der Waals surface area contributed by atoms with Crippen molar-refractivity contribution in [2.45, 2.75) is 0 Å². The van der Waals surface area contributed by atoms with Crippen LogP contribution in [-0.2, 0) is 0 Å². The van der Waals surface area contributed by atoms with Crippen LogP contribution in [0.15, 0.2) is 51.9 Å². The first kappa shape index (κ1) is 13.3. The molecule has 0 saturated carbocycles. The minimum atomic E-state index is -0.485. The fourth-order valence-corrected chi connectivity index (χ4v) is 1.87. The van der Waals surface area contributed by atoms with E-state index in [0.29, 0.717) is 11.3 Å². The number of rotatable bonds is 3. The Morgan fingerprint density at radius 3 is 2.74 bits per heavy atom. The van der Waals surface area contributed by atoms with E-state index in [0.717, 1.165) is 10.0 Å². The lowest BCUT2D eigenvalue weighted by Gasteiger charge is -2.00. The van der Waals surface area contributed by atoms with Gasteiger partial charge < -0.3 is 10.8 Å². The van der Waals surface area contributed by atoms with E-state index >= 15 is 0 Å². The predicted octanol–water partition coefficient (Wildman–Crippen LogP) is 3.00. The lowest BCUT2D eigenvalue weighted by atomic mass is 10.1. The van der Waals surface area contributed by atoms with E-state index in [1.54, 1.807) is 48.7 Å². The molecule has 0 heterocycles. The minimum Gasteiger partial charge on any atom is -0.506 e. The van der Waals surface area contributed by atoms with Gasteiger partial charge in [0.2, 0.25) is 5.91 Å². The molecule has 0 unspecified atom stereocenters. The molecule has 0 bridgehead atoms.